The summed E-state index contributed by atoms with van der Waals surface area (Å²) in [4.78, 5) is 0. The minimum atomic E-state index is 0. The predicted molar refractivity (Wildman–Crippen MR) is 129 cm³/mol. The first-order valence-corrected chi connectivity index (χ1v) is 12.7. The van der Waals surface area contributed by atoms with Gasteiger partial charge in [-0.15, -0.1) is 0 Å². The second-order valence-electron chi connectivity index (χ2n) is 9.63. The largest absolute Gasteiger partial charge is 0.381 e. The van der Waals surface area contributed by atoms with Crippen LogP contribution in [-0.4, -0.2) is 42.8 Å². The molecule has 0 aromatic rings. The molecule has 0 heterocycles. The van der Waals surface area contributed by atoms with E-state index in [4.69, 9.17) is 4.74 Å². The average molecular weight is 406 g/mol. The Bertz CT molecular complexity index is 239. The second kappa shape index (κ2) is 26.0. The maximum atomic E-state index is 5.80. The van der Waals surface area contributed by atoms with Crippen LogP contribution in [0.15, 0.2) is 0 Å². The molecule has 165 valence electrons. The van der Waals surface area contributed by atoms with Gasteiger partial charge in [-0.05, 0) is 24.7 Å². The van der Waals surface area contributed by atoms with Gasteiger partial charge in [0, 0.05) is 42.8 Å². The third-order valence-electron chi connectivity index (χ3n) is 5.64. The molecule has 0 N–H and O–H groups in total. The summed E-state index contributed by atoms with van der Waals surface area (Å²) in [6.45, 7) is 11.3. The summed E-state index contributed by atoms with van der Waals surface area (Å²) in [7, 11) is 0. The van der Waals surface area contributed by atoms with E-state index in [9.17, 15) is 0 Å². The van der Waals surface area contributed by atoms with Crippen molar-refractivity contribution in [3.05, 3.63) is 0 Å². The normalized spacial score (nSPS) is 11.4. The van der Waals surface area contributed by atoms with Gasteiger partial charge in [-0.1, -0.05) is 130 Å². The van der Waals surface area contributed by atoms with E-state index in [1.54, 1.807) is 0 Å². The molecule has 0 rings (SSSR count). The summed E-state index contributed by atoms with van der Waals surface area (Å²) in [6.07, 6.45) is 25.3. The van der Waals surface area contributed by atoms with Gasteiger partial charge < -0.3 is 4.74 Å². The van der Waals surface area contributed by atoms with Gasteiger partial charge in [0.2, 0.25) is 0 Å². The number of hydrogen-bond donors (Lipinski definition) is 0. The quantitative estimate of drug-likeness (QED) is 0.129. The standard InChI is InChI=1S/C26H54O.Na/c1-25(2)21-17-13-9-5-7-11-15-19-23-27-24-20-16-12-8-6-10-14-18-22-26(3)4;/h25-26H,5-24H2,1-4H3;. The van der Waals surface area contributed by atoms with Crippen LogP contribution < -0.4 is 0 Å². The van der Waals surface area contributed by atoms with Crippen LogP contribution in [0.5, 0.6) is 0 Å². The molecular weight excluding hydrogens is 351 g/mol. The molecule has 0 aliphatic heterocycles. The molecule has 1 nitrogen and oxygen atoms in total. The van der Waals surface area contributed by atoms with Crippen molar-refractivity contribution in [2.45, 2.75) is 143 Å². The number of hydrogen-bond acceptors (Lipinski definition) is 1. The Morgan fingerprint density at radius 1 is 0.393 bits per heavy atom. The summed E-state index contributed by atoms with van der Waals surface area (Å²) in [6, 6.07) is 0. The maximum Gasteiger partial charge on any atom is 0.0466 e. The van der Waals surface area contributed by atoms with Gasteiger partial charge >= 0.3 is 0 Å². The van der Waals surface area contributed by atoms with E-state index in [-0.39, 0.29) is 29.6 Å². The molecule has 0 aromatic carbocycles. The molecule has 0 spiro atoms. The second-order valence-corrected chi connectivity index (χ2v) is 9.63. The van der Waals surface area contributed by atoms with E-state index < -0.39 is 0 Å². The van der Waals surface area contributed by atoms with E-state index in [0.717, 1.165) is 25.0 Å². The van der Waals surface area contributed by atoms with Crippen LogP contribution in [0.25, 0.3) is 0 Å². The molecule has 2 heteroatoms. The van der Waals surface area contributed by atoms with Crippen LogP contribution in [-0.2, 0) is 4.74 Å². The van der Waals surface area contributed by atoms with Crippen molar-refractivity contribution >= 4 is 29.6 Å². The minimum absolute atomic E-state index is 0. The van der Waals surface area contributed by atoms with Crippen LogP contribution in [0.3, 0.4) is 0 Å². The Kier molecular flexibility index (Phi) is 28.9. The Hall–Kier alpha value is 0.960. The van der Waals surface area contributed by atoms with Crippen LogP contribution in [0.1, 0.15) is 143 Å². The summed E-state index contributed by atoms with van der Waals surface area (Å²) < 4.78 is 5.80. The molecule has 0 bridgehead atoms. The fourth-order valence-electron chi connectivity index (χ4n) is 3.74. The van der Waals surface area contributed by atoms with Crippen molar-refractivity contribution in [3.63, 3.8) is 0 Å². The van der Waals surface area contributed by atoms with Crippen molar-refractivity contribution in [1.82, 2.24) is 0 Å². The van der Waals surface area contributed by atoms with Gasteiger partial charge in [0.25, 0.3) is 0 Å². The molecule has 1 radical (unpaired) electrons. The van der Waals surface area contributed by atoms with E-state index in [0.29, 0.717) is 0 Å². The molecule has 0 atom stereocenters. The van der Waals surface area contributed by atoms with Crippen LogP contribution in [0, 0.1) is 11.8 Å². The van der Waals surface area contributed by atoms with Gasteiger partial charge in [0.1, 0.15) is 0 Å². The van der Waals surface area contributed by atoms with Gasteiger partial charge in [0.15, 0.2) is 0 Å². The zero-order valence-electron chi connectivity index (χ0n) is 20.7. The molecule has 0 saturated heterocycles. The first-order valence-electron chi connectivity index (χ1n) is 12.7. The molecule has 0 unspecified atom stereocenters. The van der Waals surface area contributed by atoms with Crippen LogP contribution in [0.2, 0.25) is 0 Å². The Morgan fingerprint density at radius 2 is 0.643 bits per heavy atom. The topological polar surface area (TPSA) is 9.23 Å². The summed E-state index contributed by atoms with van der Waals surface area (Å²) in [5.41, 5.74) is 0. The molecule has 0 saturated carbocycles. The number of unbranched alkanes of at least 4 members (excludes halogenated alkanes) is 14. The molecule has 28 heavy (non-hydrogen) atoms. The maximum absolute atomic E-state index is 5.80. The third-order valence-corrected chi connectivity index (χ3v) is 5.64. The zero-order valence-corrected chi connectivity index (χ0v) is 22.7. The van der Waals surface area contributed by atoms with E-state index in [1.165, 1.54) is 116 Å². The van der Waals surface area contributed by atoms with E-state index in [2.05, 4.69) is 27.7 Å². The van der Waals surface area contributed by atoms with Gasteiger partial charge in [-0.2, -0.15) is 0 Å². The Morgan fingerprint density at radius 3 is 0.929 bits per heavy atom. The number of ether oxygens (including phenoxy) is 1. The Labute approximate surface area is 201 Å². The van der Waals surface area contributed by atoms with Crippen LogP contribution in [0.4, 0.5) is 0 Å². The smallest absolute Gasteiger partial charge is 0.0466 e. The third kappa shape index (κ3) is 29.2. The van der Waals surface area contributed by atoms with E-state index in [1.807, 2.05) is 0 Å². The van der Waals surface area contributed by atoms with E-state index >= 15 is 0 Å². The Balaban J connectivity index is 0. The zero-order chi connectivity index (χ0) is 20.0. The first kappa shape index (κ1) is 31.1. The fraction of sp³-hybridized carbons (Fsp3) is 1.00. The SMILES string of the molecule is CC(C)CCCCCCCCCCOCCCCCCCCCCC(C)C.[Na]. The summed E-state index contributed by atoms with van der Waals surface area (Å²) in [5, 5.41) is 0. The van der Waals surface area contributed by atoms with Crippen molar-refractivity contribution < 1.29 is 4.74 Å². The fourth-order valence-corrected chi connectivity index (χ4v) is 3.74. The van der Waals surface area contributed by atoms with Gasteiger partial charge in [-0.25, -0.2) is 0 Å². The average Bonchev–Trinajstić information content (AvgIpc) is 2.62. The van der Waals surface area contributed by atoms with Crippen LogP contribution >= 0.6 is 0 Å². The molecule has 0 amide bonds. The predicted octanol–water partition coefficient (Wildman–Crippen LogP) is 8.96. The monoisotopic (exact) mass is 405 g/mol. The molecule has 0 fully saturated rings. The number of rotatable bonds is 22. The van der Waals surface area contributed by atoms with Gasteiger partial charge in [0.05, 0.1) is 0 Å². The summed E-state index contributed by atoms with van der Waals surface area (Å²) >= 11 is 0. The van der Waals surface area contributed by atoms with Crippen molar-refractivity contribution in [2.75, 3.05) is 13.2 Å². The molecule has 0 aromatic heterocycles. The minimum Gasteiger partial charge on any atom is -0.381 e. The first-order chi connectivity index (χ1) is 13.1. The summed E-state index contributed by atoms with van der Waals surface area (Å²) in [5.74, 6) is 1.77. The van der Waals surface area contributed by atoms with Crippen molar-refractivity contribution in [1.29, 1.82) is 0 Å². The molecular formula is C26H54NaO. The van der Waals surface area contributed by atoms with Crippen molar-refractivity contribution in [3.8, 4) is 0 Å². The van der Waals surface area contributed by atoms with Gasteiger partial charge in [-0.3, -0.25) is 0 Å². The molecule has 0 aliphatic rings. The van der Waals surface area contributed by atoms with Crippen molar-refractivity contribution in [2.24, 2.45) is 11.8 Å². The molecule has 0 aliphatic carbocycles.